The van der Waals surface area contributed by atoms with Crippen LogP contribution in [0.3, 0.4) is 0 Å². The number of amides is 1. The number of halogens is 1. The Morgan fingerprint density at radius 1 is 1.12 bits per heavy atom. The van der Waals surface area contributed by atoms with Crippen LogP contribution in [-0.2, 0) is 0 Å². The lowest BCUT2D eigenvalue weighted by Gasteiger charge is -2.11. The van der Waals surface area contributed by atoms with Crippen molar-refractivity contribution in [2.24, 2.45) is 0 Å². The van der Waals surface area contributed by atoms with Gasteiger partial charge in [0, 0.05) is 15.4 Å². The molecule has 1 aromatic heterocycles. The number of benzene rings is 2. The summed E-state index contributed by atoms with van der Waals surface area (Å²) < 4.78 is 1.08. The number of nitrogens with one attached hydrogen (secondary N) is 3. The zero-order valence-electron chi connectivity index (χ0n) is 12.7. The van der Waals surface area contributed by atoms with Crippen LogP contribution in [0, 0.1) is 6.92 Å². The van der Waals surface area contributed by atoms with Crippen LogP contribution in [0.15, 0.2) is 48.5 Å². The van der Waals surface area contributed by atoms with E-state index < -0.39 is 0 Å². The van der Waals surface area contributed by atoms with Gasteiger partial charge in [-0.3, -0.25) is 15.6 Å². The Labute approximate surface area is 153 Å². The smallest absolute Gasteiger partial charge is 0.280 e. The van der Waals surface area contributed by atoms with Crippen LogP contribution in [0.1, 0.15) is 15.2 Å². The highest BCUT2D eigenvalue weighted by Gasteiger charge is 2.15. The summed E-state index contributed by atoms with van der Waals surface area (Å²) in [6.07, 6.45) is 0. The van der Waals surface area contributed by atoms with Gasteiger partial charge < -0.3 is 5.32 Å². The van der Waals surface area contributed by atoms with Crippen molar-refractivity contribution in [2.75, 3.05) is 5.32 Å². The summed E-state index contributed by atoms with van der Waals surface area (Å²) in [5.74, 6) is -0.219. The van der Waals surface area contributed by atoms with Crippen molar-refractivity contribution in [3.63, 3.8) is 0 Å². The molecule has 0 fully saturated rings. The Bertz CT molecular complexity index is 923. The third kappa shape index (κ3) is 3.67. The second-order valence-corrected chi connectivity index (χ2v) is 6.99. The molecule has 0 aliphatic heterocycles. The number of hydrogen-bond acceptors (Lipinski definition) is 3. The molecule has 1 heterocycles. The number of rotatable bonds is 2. The summed E-state index contributed by atoms with van der Waals surface area (Å²) >= 11 is 12.5. The fourth-order valence-electron chi connectivity index (χ4n) is 2.29. The zero-order valence-corrected chi connectivity index (χ0v) is 15.1. The maximum atomic E-state index is 12.4. The van der Waals surface area contributed by atoms with Crippen molar-refractivity contribution in [2.45, 2.75) is 6.92 Å². The molecule has 0 aliphatic carbocycles. The van der Waals surface area contributed by atoms with Crippen molar-refractivity contribution >= 4 is 61.9 Å². The first-order valence-corrected chi connectivity index (χ1v) is 8.76. The van der Waals surface area contributed by atoms with Crippen molar-refractivity contribution in [1.29, 1.82) is 0 Å². The monoisotopic (exact) mass is 375 g/mol. The van der Waals surface area contributed by atoms with Gasteiger partial charge in [0.15, 0.2) is 5.11 Å². The first-order valence-electron chi connectivity index (χ1n) is 7.15. The standard InChI is InChI=1S/C17H14ClN3OS2/c1-10-13-7-2-3-8-14(13)24-15(10)16(22)20-21-17(23)19-12-6-4-5-11(18)9-12/h2-9H,1H3,(H,20,22)(H2,19,21,23). The van der Waals surface area contributed by atoms with E-state index in [1.165, 1.54) is 11.3 Å². The number of carbonyl (C=O) groups is 1. The molecule has 3 aromatic rings. The van der Waals surface area contributed by atoms with Crippen molar-refractivity contribution in [3.8, 4) is 0 Å². The average molecular weight is 376 g/mol. The highest BCUT2D eigenvalue weighted by atomic mass is 35.5. The van der Waals surface area contributed by atoms with E-state index in [9.17, 15) is 4.79 Å². The Hall–Kier alpha value is -2.15. The van der Waals surface area contributed by atoms with Gasteiger partial charge in [-0.15, -0.1) is 11.3 Å². The lowest BCUT2D eigenvalue weighted by atomic mass is 10.1. The van der Waals surface area contributed by atoms with Gasteiger partial charge >= 0.3 is 0 Å². The Balaban J connectivity index is 1.64. The van der Waals surface area contributed by atoms with E-state index in [1.54, 1.807) is 12.1 Å². The molecule has 0 unspecified atom stereocenters. The van der Waals surface area contributed by atoms with Gasteiger partial charge in [-0.1, -0.05) is 35.9 Å². The van der Waals surface area contributed by atoms with Gasteiger partial charge in [0.25, 0.3) is 5.91 Å². The molecule has 0 spiro atoms. The summed E-state index contributed by atoms with van der Waals surface area (Å²) in [5.41, 5.74) is 7.03. The van der Waals surface area contributed by atoms with E-state index in [4.69, 9.17) is 23.8 Å². The highest BCUT2D eigenvalue weighted by molar-refractivity contribution is 7.80. The second-order valence-electron chi connectivity index (χ2n) is 5.10. The molecule has 4 nitrogen and oxygen atoms in total. The number of thiocarbonyl (C=S) groups is 1. The third-order valence-electron chi connectivity index (χ3n) is 3.42. The van der Waals surface area contributed by atoms with Crippen molar-refractivity contribution in [1.82, 2.24) is 10.9 Å². The number of fused-ring (bicyclic) bond motifs is 1. The fourth-order valence-corrected chi connectivity index (χ4v) is 3.75. The first-order chi connectivity index (χ1) is 11.5. The van der Waals surface area contributed by atoms with Crippen LogP contribution in [-0.4, -0.2) is 11.0 Å². The Kier molecular flexibility index (Phi) is 4.99. The van der Waals surface area contributed by atoms with Crippen LogP contribution in [0.25, 0.3) is 10.1 Å². The second kappa shape index (κ2) is 7.17. The molecule has 24 heavy (non-hydrogen) atoms. The Morgan fingerprint density at radius 2 is 1.92 bits per heavy atom. The van der Waals surface area contributed by atoms with Crippen LogP contribution in [0.4, 0.5) is 5.69 Å². The number of carbonyl (C=O) groups excluding carboxylic acids is 1. The third-order valence-corrected chi connectivity index (χ3v) is 5.13. The van der Waals surface area contributed by atoms with Gasteiger partial charge in [-0.05, 0) is 54.4 Å². The minimum atomic E-state index is -0.219. The molecule has 0 bridgehead atoms. The molecule has 0 radical (unpaired) electrons. The van der Waals surface area contributed by atoms with E-state index >= 15 is 0 Å². The number of hydrazine groups is 1. The Morgan fingerprint density at radius 3 is 2.67 bits per heavy atom. The van der Waals surface area contributed by atoms with Gasteiger partial charge in [-0.25, -0.2) is 0 Å². The molecule has 0 saturated carbocycles. The molecule has 3 rings (SSSR count). The molecular weight excluding hydrogens is 362 g/mol. The van der Waals surface area contributed by atoms with Crippen molar-refractivity contribution in [3.05, 3.63) is 64.0 Å². The van der Waals surface area contributed by atoms with Crippen LogP contribution in [0.2, 0.25) is 5.02 Å². The maximum absolute atomic E-state index is 12.4. The highest BCUT2D eigenvalue weighted by Crippen LogP contribution is 2.30. The number of thiophene rings is 1. The van der Waals surface area contributed by atoms with E-state index in [0.717, 1.165) is 21.3 Å². The molecule has 1 amide bonds. The van der Waals surface area contributed by atoms with Gasteiger partial charge in [0.05, 0.1) is 4.88 Å². The fraction of sp³-hybridized carbons (Fsp3) is 0.0588. The van der Waals surface area contributed by atoms with E-state index in [-0.39, 0.29) is 11.0 Å². The molecule has 2 aromatic carbocycles. The van der Waals surface area contributed by atoms with Gasteiger partial charge in [0.2, 0.25) is 0 Å². The van der Waals surface area contributed by atoms with Gasteiger partial charge in [-0.2, -0.15) is 0 Å². The average Bonchev–Trinajstić information content (AvgIpc) is 2.90. The normalized spacial score (nSPS) is 10.4. The zero-order chi connectivity index (χ0) is 17.1. The summed E-state index contributed by atoms with van der Waals surface area (Å²) in [6.45, 7) is 1.94. The SMILES string of the molecule is Cc1c(C(=O)NNC(=S)Nc2cccc(Cl)c2)sc2ccccc12. The van der Waals surface area contributed by atoms with E-state index in [2.05, 4.69) is 16.2 Å². The summed E-state index contributed by atoms with van der Waals surface area (Å²) in [5, 5.41) is 4.93. The van der Waals surface area contributed by atoms with Crippen molar-refractivity contribution < 1.29 is 4.79 Å². The predicted molar refractivity (Wildman–Crippen MR) is 105 cm³/mol. The molecule has 3 N–H and O–H groups in total. The number of hydrogen-bond donors (Lipinski definition) is 3. The van der Waals surface area contributed by atoms with Crippen LogP contribution < -0.4 is 16.2 Å². The summed E-state index contributed by atoms with van der Waals surface area (Å²) in [4.78, 5) is 13.0. The topological polar surface area (TPSA) is 53.2 Å². The number of aryl methyl sites for hydroxylation is 1. The predicted octanol–water partition coefficient (Wildman–Crippen LogP) is 4.49. The minimum absolute atomic E-state index is 0.219. The van der Waals surface area contributed by atoms with E-state index in [1.807, 2.05) is 43.3 Å². The molecule has 0 aliphatic rings. The van der Waals surface area contributed by atoms with E-state index in [0.29, 0.717) is 9.90 Å². The maximum Gasteiger partial charge on any atom is 0.280 e. The lowest BCUT2D eigenvalue weighted by molar-refractivity contribution is 0.0948. The first kappa shape index (κ1) is 16.7. The lowest BCUT2D eigenvalue weighted by Crippen LogP contribution is -2.43. The molecule has 0 saturated heterocycles. The minimum Gasteiger partial charge on any atom is -0.331 e. The summed E-state index contributed by atoms with van der Waals surface area (Å²) in [6, 6.07) is 15.1. The quantitative estimate of drug-likeness (QED) is 0.456. The van der Waals surface area contributed by atoms with Crippen LogP contribution in [0.5, 0.6) is 0 Å². The van der Waals surface area contributed by atoms with Crippen LogP contribution >= 0.6 is 35.2 Å². The molecule has 122 valence electrons. The van der Waals surface area contributed by atoms with Gasteiger partial charge in [0.1, 0.15) is 0 Å². The molecule has 7 heteroatoms. The molecule has 0 atom stereocenters. The number of anilines is 1. The molecular formula is C17H14ClN3OS2. The largest absolute Gasteiger partial charge is 0.331 e. The summed E-state index contributed by atoms with van der Waals surface area (Å²) in [7, 11) is 0.